The Bertz CT molecular complexity index is 1060. The second kappa shape index (κ2) is 11.0. The summed E-state index contributed by atoms with van der Waals surface area (Å²) in [7, 11) is 0. The maximum absolute atomic E-state index is 13.1. The Morgan fingerprint density at radius 1 is 1.00 bits per heavy atom. The number of ether oxygens (including phenoxy) is 2. The molecule has 182 valence electrons. The fourth-order valence-corrected chi connectivity index (χ4v) is 3.44. The molecular formula is C24H25F3N2O5. The van der Waals surface area contributed by atoms with Crippen molar-refractivity contribution in [2.75, 3.05) is 31.6 Å². The first kappa shape index (κ1) is 25.1. The molecule has 0 fully saturated rings. The summed E-state index contributed by atoms with van der Waals surface area (Å²) in [5.41, 5.74) is -0.979. The lowest BCUT2D eigenvalue weighted by Gasteiger charge is -2.21. The van der Waals surface area contributed by atoms with Crippen molar-refractivity contribution in [2.45, 2.75) is 32.4 Å². The number of carbonyl (C=O) groups excluding carboxylic acids is 3. The molecule has 0 bridgehead atoms. The van der Waals surface area contributed by atoms with Gasteiger partial charge in [0, 0.05) is 31.4 Å². The Morgan fingerprint density at radius 2 is 1.71 bits per heavy atom. The number of likely N-dealkylation sites (N-methyl/N-ethyl adjacent to an activating group) is 1. The summed E-state index contributed by atoms with van der Waals surface area (Å²) >= 11 is 0. The summed E-state index contributed by atoms with van der Waals surface area (Å²) in [4.78, 5) is 38.7. The molecule has 0 unspecified atom stereocenters. The van der Waals surface area contributed by atoms with Gasteiger partial charge in [0.05, 0.1) is 31.0 Å². The van der Waals surface area contributed by atoms with Gasteiger partial charge in [0.2, 0.25) is 11.8 Å². The van der Waals surface area contributed by atoms with E-state index < -0.39 is 30.1 Å². The summed E-state index contributed by atoms with van der Waals surface area (Å²) in [6.45, 7) is 2.37. The van der Waals surface area contributed by atoms with E-state index >= 15 is 0 Å². The zero-order chi connectivity index (χ0) is 24.7. The second-order valence-corrected chi connectivity index (χ2v) is 7.63. The Morgan fingerprint density at radius 3 is 2.41 bits per heavy atom. The zero-order valence-electron chi connectivity index (χ0n) is 18.6. The molecular weight excluding hydrogens is 453 g/mol. The number of para-hydroxylation sites is 1. The van der Waals surface area contributed by atoms with E-state index in [4.69, 9.17) is 9.47 Å². The molecule has 0 saturated carbocycles. The van der Waals surface area contributed by atoms with Crippen molar-refractivity contribution >= 4 is 23.3 Å². The third kappa shape index (κ3) is 6.49. The maximum atomic E-state index is 13.1. The molecule has 0 aliphatic carbocycles. The predicted molar refractivity (Wildman–Crippen MR) is 118 cm³/mol. The summed E-state index contributed by atoms with van der Waals surface area (Å²) in [5, 5.41) is 2.22. The molecule has 1 N–H and O–H groups in total. The van der Waals surface area contributed by atoms with Crippen molar-refractivity contribution in [3.63, 3.8) is 0 Å². The third-order valence-corrected chi connectivity index (χ3v) is 5.21. The van der Waals surface area contributed by atoms with Crippen molar-refractivity contribution in [3.8, 4) is 11.5 Å². The van der Waals surface area contributed by atoms with Gasteiger partial charge in [-0.3, -0.25) is 14.4 Å². The summed E-state index contributed by atoms with van der Waals surface area (Å²) in [6, 6.07) is 9.44. The van der Waals surface area contributed by atoms with Gasteiger partial charge in [-0.15, -0.1) is 0 Å². The van der Waals surface area contributed by atoms with Crippen LogP contribution in [0, 0.1) is 0 Å². The fourth-order valence-electron chi connectivity index (χ4n) is 3.44. The smallest absolute Gasteiger partial charge is 0.418 e. The van der Waals surface area contributed by atoms with Crippen LogP contribution in [-0.4, -0.2) is 48.8 Å². The molecule has 1 aliphatic heterocycles. The number of nitrogens with zero attached hydrogens (tertiary/aromatic N) is 1. The van der Waals surface area contributed by atoms with E-state index in [1.165, 1.54) is 17.0 Å². The molecule has 1 aliphatic rings. The van der Waals surface area contributed by atoms with Gasteiger partial charge in [-0.1, -0.05) is 12.1 Å². The third-order valence-electron chi connectivity index (χ3n) is 5.21. The fraction of sp³-hybridized carbons (Fsp3) is 0.375. The summed E-state index contributed by atoms with van der Waals surface area (Å²) in [5.74, 6) is -0.463. The van der Waals surface area contributed by atoms with Crippen molar-refractivity contribution in [1.82, 2.24) is 4.90 Å². The highest BCUT2D eigenvalue weighted by molar-refractivity contribution is 5.99. The number of amides is 2. The lowest BCUT2D eigenvalue weighted by molar-refractivity contribution is -0.137. The van der Waals surface area contributed by atoms with Gasteiger partial charge < -0.3 is 19.7 Å². The first-order valence-electron chi connectivity index (χ1n) is 10.9. The normalized spacial score (nSPS) is 13.1. The minimum absolute atomic E-state index is 0.0898. The topological polar surface area (TPSA) is 84.9 Å². The van der Waals surface area contributed by atoms with Crippen molar-refractivity contribution in [3.05, 3.63) is 53.6 Å². The second-order valence-electron chi connectivity index (χ2n) is 7.63. The first-order chi connectivity index (χ1) is 16.2. The van der Waals surface area contributed by atoms with Crippen LogP contribution >= 0.6 is 0 Å². The van der Waals surface area contributed by atoms with Gasteiger partial charge in [0.1, 0.15) is 0 Å². The number of ketones is 1. The van der Waals surface area contributed by atoms with Gasteiger partial charge >= 0.3 is 6.18 Å². The van der Waals surface area contributed by atoms with Crippen LogP contribution in [0.1, 0.15) is 42.1 Å². The Hall–Kier alpha value is -3.56. The van der Waals surface area contributed by atoms with Gasteiger partial charge in [-0.25, -0.2) is 0 Å². The largest absolute Gasteiger partial charge is 0.490 e. The molecule has 2 aromatic rings. The highest BCUT2D eigenvalue weighted by Gasteiger charge is 2.33. The number of carbonyl (C=O) groups is 3. The van der Waals surface area contributed by atoms with Crippen LogP contribution in [0.3, 0.4) is 0 Å². The molecule has 0 spiro atoms. The Balaban J connectivity index is 1.56. The highest BCUT2D eigenvalue weighted by atomic mass is 19.4. The number of hydrogen-bond acceptors (Lipinski definition) is 5. The average molecular weight is 478 g/mol. The van der Waals surface area contributed by atoms with Gasteiger partial charge in [0.15, 0.2) is 17.3 Å². The number of nitrogens with one attached hydrogen (secondary N) is 1. The standard InChI is InChI=1S/C24H25F3N2O5/c1-2-29(15-22(31)28-18-7-4-3-6-17(18)24(25,26)27)23(32)11-9-19(30)16-8-10-20-21(14-16)34-13-5-12-33-20/h3-4,6-8,10,14H,2,5,9,11-13,15H2,1H3,(H,28,31). The molecule has 7 nitrogen and oxygen atoms in total. The van der Waals surface area contributed by atoms with E-state index in [9.17, 15) is 27.6 Å². The minimum Gasteiger partial charge on any atom is -0.490 e. The van der Waals surface area contributed by atoms with E-state index in [0.717, 1.165) is 18.6 Å². The van der Waals surface area contributed by atoms with E-state index in [2.05, 4.69) is 5.32 Å². The molecule has 0 saturated heterocycles. The van der Waals surface area contributed by atoms with Crippen LogP contribution in [0.25, 0.3) is 0 Å². The number of benzene rings is 2. The summed E-state index contributed by atoms with van der Waals surface area (Å²) in [6.07, 6.45) is -4.13. The summed E-state index contributed by atoms with van der Waals surface area (Å²) < 4.78 is 50.5. The molecule has 2 aromatic carbocycles. The first-order valence-corrected chi connectivity index (χ1v) is 10.9. The quantitative estimate of drug-likeness (QED) is 0.572. The maximum Gasteiger partial charge on any atom is 0.418 e. The Kier molecular flexibility index (Phi) is 8.14. The van der Waals surface area contributed by atoms with Crippen LogP contribution in [0.5, 0.6) is 11.5 Å². The van der Waals surface area contributed by atoms with Crippen LogP contribution in [0.4, 0.5) is 18.9 Å². The lowest BCUT2D eigenvalue weighted by Crippen LogP contribution is -2.38. The molecule has 3 rings (SSSR count). The van der Waals surface area contributed by atoms with Gasteiger partial charge in [-0.05, 0) is 37.3 Å². The number of Topliss-reactive ketones (excluding diaryl/α,β-unsaturated/α-hetero) is 1. The van der Waals surface area contributed by atoms with Gasteiger partial charge in [0.25, 0.3) is 0 Å². The number of fused-ring (bicyclic) bond motifs is 1. The van der Waals surface area contributed by atoms with Crippen LogP contribution < -0.4 is 14.8 Å². The van der Waals surface area contributed by atoms with Crippen LogP contribution in [-0.2, 0) is 15.8 Å². The van der Waals surface area contributed by atoms with E-state index in [-0.39, 0.29) is 30.9 Å². The zero-order valence-corrected chi connectivity index (χ0v) is 18.6. The number of anilines is 1. The average Bonchev–Trinajstić information content (AvgIpc) is 3.05. The highest BCUT2D eigenvalue weighted by Crippen LogP contribution is 2.34. The molecule has 2 amide bonds. The molecule has 0 atom stereocenters. The number of hydrogen-bond donors (Lipinski definition) is 1. The van der Waals surface area contributed by atoms with E-state index in [0.29, 0.717) is 30.3 Å². The Labute approximate surface area is 194 Å². The molecule has 0 radical (unpaired) electrons. The number of halogens is 3. The van der Waals surface area contributed by atoms with Crippen LogP contribution in [0.15, 0.2) is 42.5 Å². The monoisotopic (exact) mass is 478 g/mol. The predicted octanol–water partition coefficient (Wildman–Crippen LogP) is 4.32. The number of alkyl halides is 3. The molecule has 0 aromatic heterocycles. The molecule has 34 heavy (non-hydrogen) atoms. The van der Waals surface area contributed by atoms with Crippen LogP contribution in [0.2, 0.25) is 0 Å². The molecule has 10 heteroatoms. The van der Waals surface area contributed by atoms with Crippen molar-refractivity contribution in [2.24, 2.45) is 0 Å². The van der Waals surface area contributed by atoms with E-state index in [1.807, 2.05) is 0 Å². The van der Waals surface area contributed by atoms with Crippen molar-refractivity contribution < 1.29 is 37.0 Å². The van der Waals surface area contributed by atoms with Crippen molar-refractivity contribution in [1.29, 1.82) is 0 Å². The number of rotatable bonds is 8. The molecule has 1 heterocycles. The lowest BCUT2D eigenvalue weighted by atomic mass is 10.1. The SMILES string of the molecule is CCN(CC(=O)Nc1ccccc1C(F)(F)F)C(=O)CCC(=O)c1ccc2c(c1)OCCCO2. The van der Waals surface area contributed by atoms with Gasteiger partial charge in [-0.2, -0.15) is 13.2 Å². The van der Waals surface area contributed by atoms with E-state index in [1.54, 1.807) is 25.1 Å². The minimum atomic E-state index is -4.63.